The molecule has 1 heterocycles. The number of hydrogen-bond acceptors (Lipinski definition) is 3. The topological polar surface area (TPSA) is 36.3 Å². The fourth-order valence-electron chi connectivity index (χ4n) is 3.64. The Morgan fingerprint density at radius 2 is 1.68 bits per heavy atom. The van der Waals surface area contributed by atoms with Gasteiger partial charge in [0.25, 0.3) is 0 Å². The molecule has 0 N–H and O–H groups in total. The second-order valence-corrected chi connectivity index (χ2v) is 8.30. The highest BCUT2D eigenvalue weighted by Crippen LogP contribution is 2.29. The minimum absolute atomic E-state index is 0.313. The molecule has 4 rings (SSSR count). The molecule has 0 aliphatic carbocycles. The van der Waals surface area contributed by atoms with Crippen molar-refractivity contribution in [3.05, 3.63) is 87.7 Å². The normalized spacial score (nSPS) is 11.1. The number of para-hydroxylation sites is 3. The van der Waals surface area contributed by atoms with E-state index >= 15 is 0 Å². The predicted molar refractivity (Wildman–Crippen MR) is 127 cm³/mol. The third-order valence-corrected chi connectivity index (χ3v) is 5.70. The largest absolute Gasteiger partial charge is 0.493 e. The first-order chi connectivity index (χ1) is 15.0. The number of imidazole rings is 1. The molecule has 0 saturated heterocycles. The van der Waals surface area contributed by atoms with Crippen molar-refractivity contribution in [3.63, 3.8) is 0 Å². The van der Waals surface area contributed by atoms with E-state index in [1.807, 2.05) is 24.3 Å². The molecule has 160 valence electrons. The van der Waals surface area contributed by atoms with Crippen molar-refractivity contribution in [2.45, 2.75) is 33.4 Å². The summed E-state index contributed by atoms with van der Waals surface area (Å²) in [4.78, 5) is 4.77. The molecule has 4 nitrogen and oxygen atoms in total. The molecule has 0 bridgehead atoms. The van der Waals surface area contributed by atoms with Crippen molar-refractivity contribution in [2.24, 2.45) is 0 Å². The Hall–Kier alpha value is -2.69. The molecule has 6 heteroatoms. The number of halogens is 2. The Labute approximate surface area is 192 Å². The number of hydrogen-bond donors (Lipinski definition) is 0. The fourth-order valence-corrected chi connectivity index (χ4v) is 4.11. The van der Waals surface area contributed by atoms with Gasteiger partial charge in [-0.25, -0.2) is 4.98 Å². The molecule has 0 aliphatic rings. The van der Waals surface area contributed by atoms with Gasteiger partial charge >= 0.3 is 0 Å². The Morgan fingerprint density at radius 3 is 2.45 bits per heavy atom. The van der Waals surface area contributed by atoms with Gasteiger partial charge in [-0.2, -0.15) is 0 Å². The quantitative estimate of drug-likeness (QED) is 0.268. The van der Waals surface area contributed by atoms with Crippen molar-refractivity contribution < 1.29 is 9.47 Å². The summed E-state index contributed by atoms with van der Waals surface area (Å²) >= 11 is 12.2. The molecule has 0 spiro atoms. The third-order valence-electron chi connectivity index (χ3n) is 5.17. The smallest absolute Gasteiger partial charge is 0.148 e. The van der Waals surface area contributed by atoms with Crippen LogP contribution in [0, 0.1) is 13.8 Å². The first kappa shape index (κ1) is 21.5. The molecule has 4 aromatic rings. The molecule has 0 aliphatic heterocycles. The zero-order valence-corrected chi connectivity index (χ0v) is 19.1. The van der Waals surface area contributed by atoms with Gasteiger partial charge in [-0.3, -0.25) is 0 Å². The zero-order valence-electron chi connectivity index (χ0n) is 17.6. The van der Waals surface area contributed by atoms with Crippen molar-refractivity contribution in [1.82, 2.24) is 9.55 Å². The number of ether oxygens (including phenoxy) is 2. The van der Waals surface area contributed by atoms with E-state index in [1.54, 1.807) is 18.2 Å². The Kier molecular flexibility index (Phi) is 6.69. The van der Waals surface area contributed by atoms with Crippen LogP contribution in [0.15, 0.2) is 60.7 Å². The number of nitrogens with zero attached hydrogens (tertiary/aromatic N) is 2. The van der Waals surface area contributed by atoms with Crippen molar-refractivity contribution in [3.8, 4) is 11.5 Å². The third kappa shape index (κ3) is 4.97. The second-order valence-electron chi connectivity index (χ2n) is 7.45. The highest BCUT2D eigenvalue weighted by atomic mass is 35.5. The van der Waals surface area contributed by atoms with Crippen LogP contribution in [0.5, 0.6) is 11.5 Å². The predicted octanol–water partition coefficient (Wildman–Crippen LogP) is 7.01. The van der Waals surface area contributed by atoms with Gasteiger partial charge in [-0.1, -0.05) is 53.5 Å². The van der Waals surface area contributed by atoms with E-state index in [-0.39, 0.29) is 0 Å². The lowest BCUT2D eigenvalue weighted by Crippen LogP contribution is -2.10. The molecular weight excluding hydrogens is 431 g/mol. The van der Waals surface area contributed by atoms with E-state index in [9.17, 15) is 0 Å². The van der Waals surface area contributed by atoms with Gasteiger partial charge < -0.3 is 14.0 Å². The van der Waals surface area contributed by atoms with Gasteiger partial charge in [0, 0.05) is 11.6 Å². The van der Waals surface area contributed by atoms with Crippen LogP contribution in [0.3, 0.4) is 0 Å². The van der Waals surface area contributed by atoms with Crippen LogP contribution in [0.1, 0.15) is 23.4 Å². The summed E-state index contributed by atoms with van der Waals surface area (Å²) in [5, 5.41) is 1.06. The first-order valence-corrected chi connectivity index (χ1v) is 11.0. The Bertz CT molecular complexity index is 1180. The lowest BCUT2D eigenvalue weighted by Gasteiger charge is -2.14. The molecule has 3 aromatic carbocycles. The molecule has 1 aromatic heterocycles. The van der Waals surface area contributed by atoms with Gasteiger partial charge in [0.15, 0.2) is 0 Å². The van der Waals surface area contributed by atoms with E-state index in [0.717, 1.165) is 46.7 Å². The molecule has 31 heavy (non-hydrogen) atoms. The van der Waals surface area contributed by atoms with Gasteiger partial charge in [0.1, 0.15) is 23.9 Å². The Morgan fingerprint density at radius 1 is 0.903 bits per heavy atom. The van der Waals surface area contributed by atoms with Crippen LogP contribution in [-0.2, 0) is 13.2 Å². The molecule has 0 fully saturated rings. The molecule has 0 amide bonds. The van der Waals surface area contributed by atoms with E-state index < -0.39 is 0 Å². The zero-order chi connectivity index (χ0) is 21.8. The van der Waals surface area contributed by atoms with E-state index in [0.29, 0.717) is 29.0 Å². The minimum atomic E-state index is 0.313. The number of benzene rings is 3. The van der Waals surface area contributed by atoms with Gasteiger partial charge in [0.2, 0.25) is 0 Å². The number of aromatic nitrogens is 2. The molecular formula is C25H24Cl2N2O2. The number of fused-ring (bicyclic) bond motifs is 1. The average molecular weight is 455 g/mol. The van der Waals surface area contributed by atoms with Gasteiger partial charge in [-0.05, 0) is 61.7 Å². The highest BCUT2D eigenvalue weighted by molar-refractivity contribution is 6.35. The maximum Gasteiger partial charge on any atom is 0.148 e. The second kappa shape index (κ2) is 9.63. The lowest BCUT2D eigenvalue weighted by atomic mass is 10.1. The minimum Gasteiger partial charge on any atom is -0.493 e. The van der Waals surface area contributed by atoms with Gasteiger partial charge in [0.05, 0.1) is 22.7 Å². The van der Waals surface area contributed by atoms with Crippen LogP contribution in [0.25, 0.3) is 11.0 Å². The number of aryl methyl sites for hydroxylation is 3. The molecule has 0 saturated carbocycles. The first-order valence-electron chi connectivity index (χ1n) is 10.2. The maximum atomic E-state index is 6.25. The summed E-state index contributed by atoms with van der Waals surface area (Å²) in [7, 11) is 0. The van der Waals surface area contributed by atoms with Crippen LogP contribution in [-0.4, -0.2) is 16.2 Å². The van der Waals surface area contributed by atoms with Crippen LogP contribution < -0.4 is 9.47 Å². The molecule has 0 unspecified atom stereocenters. The lowest BCUT2D eigenvalue weighted by molar-refractivity contribution is 0.279. The summed E-state index contributed by atoms with van der Waals surface area (Å²) in [6.45, 7) is 5.86. The van der Waals surface area contributed by atoms with E-state index in [2.05, 4.69) is 36.6 Å². The SMILES string of the molecule is Cc1cccc(C)c1OCCCn1c(COc2ccc(Cl)cc2Cl)nc2ccccc21. The number of rotatable bonds is 8. The highest BCUT2D eigenvalue weighted by Gasteiger charge is 2.12. The van der Waals surface area contributed by atoms with Crippen molar-refractivity contribution in [1.29, 1.82) is 0 Å². The monoisotopic (exact) mass is 454 g/mol. The van der Waals surface area contributed by atoms with Crippen LogP contribution in [0.2, 0.25) is 10.0 Å². The van der Waals surface area contributed by atoms with E-state index in [1.165, 1.54) is 0 Å². The van der Waals surface area contributed by atoms with Crippen LogP contribution >= 0.6 is 23.2 Å². The standard InChI is InChI=1S/C25H24Cl2N2O2/c1-17-7-5-8-18(2)25(17)30-14-6-13-29-22-10-4-3-9-21(22)28-24(29)16-31-23-12-11-19(26)15-20(23)27/h3-5,7-12,15H,6,13-14,16H2,1-2H3. The Balaban J connectivity index is 1.47. The van der Waals surface area contributed by atoms with Crippen LogP contribution in [0.4, 0.5) is 0 Å². The average Bonchev–Trinajstić information content (AvgIpc) is 3.10. The summed E-state index contributed by atoms with van der Waals surface area (Å²) in [5.41, 5.74) is 4.33. The maximum absolute atomic E-state index is 6.25. The fraction of sp³-hybridized carbons (Fsp3) is 0.240. The summed E-state index contributed by atoms with van der Waals surface area (Å²) < 4.78 is 14.2. The van der Waals surface area contributed by atoms with E-state index in [4.69, 9.17) is 37.7 Å². The summed E-state index contributed by atoms with van der Waals surface area (Å²) in [6.07, 6.45) is 0.850. The molecule has 0 radical (unpaired) electrons. The van der Waals surface area contributed by atoms with Crippen molar-refractivity contribution in [2.75, 3.05) is 6.61 Å². The van der Waals surface area contributed by atoms with Crippen molar-refractivity contribution >= 4 is 34.2 Å². The van der Waals surface area contributed by atoms with Gasteiger partial charge in [-0.15, -0.1) is 0 Å². The molecule has 0 atom stereocenters. The summed E-state index contributed by atoms with van der Waals surface area (Å²) in [5.74, 6) is 2.40. The summed E-state index contributed by atoms with van der Waals surface area (Å²) in [6, 6.07) is 19.5.